The average Bonchev–Trinajstić information content (AvgIpc) is 2.50. The molecule has 34 heavy (non-hydrogen) atoms. The van der Waals surface area contributed by atoms with Gasteiger partial charge in [0.05, 0.1) is 42.3 Å². The molecule has 0 spiro atoms. The van der Waals surface area contributed by atoms with Crippen LogP contribution in [0, 0.1) is 0 Å². The third-order valence-electron chi connectivity index (χ3n) is 3.28. The highest BCUT2D eigenvalue weighted by molar-refractivity contribution is 5.85. The van der Waals surface area contributed by atoms with E-state index in [0.29, 0.717) is 54.7 Å². The summed E-state index contributed by atoms with van der Waals surface area (Å²) < 4.78 is 6.35. The van der Waals surface area contributed by atoms with Crippen molar-refractivity contribution in [1.82, 2.24) is 16.0 Å². The monoisotopic (exact) mass is 738 g/mol. The summed E-state index contributed by atoms with van der Waals surface area (Å²) in [6, 6.07) is 0. The van der Waals surface area contributed by atoms with Crippen LogP contribution >= 0.6 is 12.4 Å². The maximum atomic E-state index is 11.5. The molecule has 0 unspecified atom stereocenters. The second kappa shape index (κ2) is 22.1. The van der Waals surface area contributed by atoms with Crippen molar-refractivity contribution in [2.24, 2.45) is 5.73 Å². The topological polar surface area (TPSA) is 123 Å². The lowest BCUT2D eigenvalue weighted by atomic mass is 10.2. The Bertz CT molecular complexity index is 521. The van der Waals surface area contributed by atoms with E-state index >= 15 is 0 Å². The van der Waals surface area contributed by atoms with Crippen LogP contribution in [0.15, 0.2) is 0 Å². The zero-order chi connectivity index (χ0) is 24.7. The first-order valence-electron chi connectivity index (χ1n) is 10.8. The third kappa shape index (κ3) is 39.1. The van der Waals surface area contributed by atoms with Crippen molar-refractivity contribution in [3.63, 3.8) is 0 Å². The molecule has 0 bridgehead atoms. The van der Waals surface area contributed by atoms with Crippen molar-refractivity contribution < 1.29 is 76.0 Å². The molecule has 0 aromatic carbocycles. The molecule has 0 saturated carbocycles. The number of ether oxygens (including phenoxy) is 1. The predicted octanol–water partition coefficient (Wildman–Crippen LogP) is -5.69. The number of hydrogen-bond donors (Lipinski definition) is 4. The van der Waals surface area contributed by atoms with Gasteiger partial charge in [-0.3, -0.25) is 9.59 Å². The Kier molecular flexibility index (Phi) is 28.5. The number of amides is 3. The number of hydrogen-bond acceptors (Lipinski definition) is 5. The van der Waals surface area contributed by atoms with Crippen LogP contribution in [0.2, 0.25) is 0 Å². The van der Waals surface area contributed by atoms with Gasteiger partial charge in [-0.15, -0.1) is 12.4 Å². The summed E-state index contributed by atoms with van der Waals surface area (Å²) >= 11 is 0. The molecule has 0 aliphatic rings. The molecule has 0 fully saturated rings. The Morgan fingerprint density at radius 2 is 1.09 bits per heavy atom. The van der Waals surface area contributed by atoms with Crippen molar-refractivity contribution in [1.29, 1.82) is 0 Å². The normalized spacial score (nSPS) is 10.6. The third-order valence-corrected chi connectivity index (χ3v) is 3.28. The fourth-order valence-corrected chi connectivity index (χ4v) is 2.12. The van der Waals surface area contributed by atoms with Crippen molar-refractivity contribution in [3.8, 4) is 0 Å². The standard InChI is InChI=1S/C13H27N3O3.C8H19N3O.ClH.2HI/c1-13(2,3)19-12(18)15-9-7-8-14-11(17)10-16(4,5)6;1-11(2,3)7-8(12)10-6-4-5-9;;;/h7-10H2,1-6H3,(H-,14,15,17,18);4-7,9H2,1-3H3;3*1H. The van der Waals surface area contributed by atoms with E-state index in [4.69, 9.17) is 10.5 Å². The highest BCUT2D eigenvalue weighted by Crippen LogP contribution is 2.06. The van der Waals surface area contributed by atoms with Gasteiger partial charge in [0.25, 0.3) is 11.8 Å². The maximum Gasteiger partial charge on any atom is 0.407 e. The van der Waals surface area contributed by atoms with E-state index < -0.39 is 11.7 Å². The van der Waals surface area contributed by atoms with Crippen molar-refractivity contribution in [3.05, 3.63) is 0 Å². The van der Waals surface area contributed by atoms with Crippen LogP contribution < -0.4 is 69.6 Å². The minimum Gasteiger partial charge on any atom is -1.00 e. The van der Waals surface area contributed by atoms with E-state index in [1.165, 1.54) is 0 Å². The number of nitrogens with zero attached hydrogens (tertiary/aromatic N) is 2. The lowest BCUT2D eigenvalue weighted by molar-refractivity contribution is -0.862. The largest absolute Gasteiger partial charge is 1.00 e. The molecular weight excluding hydrogens is 690 g/mol. The maximum absolute atomic E-state index is 11.5. The molecule has 0 atom stereocenters. The summed E-state index contributed by atoms with van der Waals surface area (Å²) in [4.78, 5) is 34.0. The summed E-state index contributed by atoms with van der Waals surface area (Å²) in [6.45, 7) is 8.77. The average molecular weight is 739 g/mol. The number of carbonyl (C=O) groups excluding carboxylic acids is 3. The molecule has 10 nitrogen and oxygen atoms in total. The number of rotatable bonds is 11. The molecule has 5 N–H and O–H groups in total. The second-order valence-corrected chi connectivity index (χ2v) is 10.5. The van der Waals surface area contributed by atoms with Crippen LogP contribution in [0.1, 0.15) is 33.6 Å². The van der Waals surface area contributed by atoms with E-state index in [1.807, 2.05) is 63.1 Å². The smallest absolute Gasteiger partial charge is 0.407 e. The van der Waals surface area contributed by atoms with Crippen molar-refractivity contribution in [2.75, 3.05) is 81.6 Å². The minimum atomic E-state index is -0.483. The molecular formula is C21H49ClI2N6O4. The second-order valence-electron chi connectivity index (χ2n) is 10.5. The molecule has 0 aromatic heterocycles. The summed E-state index contributed by atoms with van der Waals surface area (Å²) in [5.41, 5.74) is 4.80. The van der Waals surface area contributed by atoms with Gasteiger partial charge < -0.3 is 83.3 Å². The zero-order valence-electron chi connectivity index (χ0n) is 22.4. The van der Waals surface area contributed by atoms with Gasteiger partial charge in [0.1, 0.15) is 5.60 Å². The number of carbonyl (C=O) groups is 3. The summed E-state index contributed by atoms with van der Waals surface area (Å²) in [5.74, 6) is 0.112. The lowest BCUT2D eigenvalue weighted by Crippen LogP contribution is -3.00. The van der Waals surface area contributed by atoms with Gasteiger partial charge in [-0.25, -0.2) is 4.79 Å². The molecule has 3 amide bonds. The summed E-state index contributed by atoms with van der Waals surface area (Å²) in [5, 5.41) is 8.26. The van der Waals surface area contributed by atoms with Crippen molar-refractivity contribution >= 4 is 30.3 Å². The number of quaternary nitrogens is 2. The number of nitrogens with one attached hydrogen (secondary N) is 3. The lowest BCUT2D eigenvalue weighted by Gasteiger charge is -2.22. The van der Waals surface area contributed by atoms with E-state index in [1.54, 1.807) is 0 Å². The SMILES string of the molecule is CC(C)(C)OC(=O)NCCCNC(=O)C[N+](C)(C)C.C[N+](C)(C)CC(=O)NCCCN.Cl.[I-].[I-]. The van der Waals surface area contributed by atoms with Crippen molar-refractivity contribution in [2.45, 2.75) is 39.2 Å². The van der Waals surface area contributed by atoms with Crippen LogP contribution in [-0.4, -0.2) is 114 Å². The van der Waals surface area contributed by atoms with Gasteiger partial charge in [-0.1, -0.05) is 0 Å². The first-order chi connectivity index (χ1) is 13.9. The van der Waals surface area contributed by atoms with Crippen LogP contribution in [0.4, 0.5) is 4.79 Å². The Labute approximate surface area is 247 Å². The summed E-state index contributed by atoms with van der Waals surface area (Å²) in [6.07, 6.45) is 1.11. The van der Waals surface area contributed by atoms with E-state index in [9.17, 15) is 14.4 Å². The quantitative estimate of drug-likeness (QED) is 0.0958. The molecule has 0 aliphatic carbocycles. The Balaban J connectivity index is -0.000000164. The van der Waals surface area contributed by atoms with Crippen LogP contribution in [0.25, 0.3) is 0 Å². The minimum absolute atomic E-state index is 0. The number of halogens is 3. The number of nitrogens with two attached hydrogens (primary N) is 1. The van der Waals surface area contributed by atoms with Gasteiger partial charge in [-0.2, -0.15) is 0 Å². The fourth-order valence-electron chi connectivity index (χ4n) is 2.12. The fraction of sp³-hybridized carbons (Fsp3) is 0.857. The van der Waals surface area contributed by atoms with Gasteiger partial charge in [0.2, 0.25) is 0 Å². The zero-order valence-corrected chi connectivity index (χ0v) is 27.6. The molecule has 0 aromatic rings. The number of likely N-dealkylation sites (N-methyl/N-ethyl adjacent to an activating group) is 2. The van der Waals surface area contributed by atoms with E-state index in [-0.39, 0.29) is 72.2 Å². The Morgan fingerprint density at radius 1 is 0.735 bits per heavy atom. The van der Waals surface area contributed by atoms with Crippen LogP contribution in [-0.2, 0) is 14.3 Å². The molecule has 208 valence electrons. The molecule has 0 heterocycles. The Hall–Kier alpha value is -0.160. The highest BCUT2D eigenvalue weighted by atomic mass is 127. The highest BCUT2D eigenvalue weighted by Gasteiger charge is 2.16. The van der Waals surface area contributed by atoms with Gasteiger partial charge in [0, 0.05) is 19.6 Å². The first-order valence-corrected chi connectivity index (χ1v) is 10.8. The summed E-state index contributed by atoms with van der Waals surface area (Å²) in [7, 11) is 11.9. The predicted molar refractivity (Wildman–Crippen MR) is 132 cm³/mol. The van der Waals surface area contributed by atoms with Gasteiger partial charge in [0.15, 0.2) is 13.1 Å². The van der Waals surface area contributed by atoms with Gasteiger partial charge >= 0.3 is 6.09 Å². The van der Waals surface area contributed by atoms with Crippen LogP contribution in [0.5, 0.6) is 0 Å². The first kappa shape index (κ1) is 43.9. The number of alkyl carbamates (subject to hydrolysis) is 1. The molecule has 13 heteroatoms. The molecule has 0 radical (unpaired) electrons. The van der Waals surface area contributed by atoms with E-state index in [2.05, 4.69) is 16.0 Å². The molecule has 0 saturated heterocycles. The molecule has 0 aliphatic heterocycles. The Morgan fingerprint density at radius 3 is 1.41 bits per heavy atom. The van der Waals surface area contributed by atoms with Gasteiger partial charge in [-0.05, 0) is 40.2 Å². The molecule has 0 rings (SSSR count). The van der Waals surface area contributed by atoms with Crippen LogP contribution in [0.3, 0.4) is 0 Å². The van der Waals surface area contributed by atoms with E-state index in [0.717, 1.165) is 6.42 Å².